The van der Waals surface area contributed by atoms with Crippen LogP contribution in [0.5, 0.6) is 0 Å². The highest BCUT2D eigenvalue weighted by Gasteiger charge is 2.32. The summed E-state index contributed by atoms with van der Waals surface area (Å²) in [6.45, 7) is 2.52. The lowest BCUT2D eigenvalue weighted by atomic mass is 10.2. The Morgan fingerprint density at radius 2 is 2.13 bits per heavy atom. The van der Waals surface area contributed by atoms with Crippen molar-refractivity contribution in [2.45, 2.75) is 31.5 Å². The standard InChI is InChI=1S/C16H15Cl2N3OS/c1-2-6-23-16-19-14(18)12-8-13(22)21(15(12)20-16)9-10-4-3-5-11(17)7-10/h3-5,7H,2,6,8-9H2,1H3. The molecule has 0 saturated carbocycles. The smallest absolute Gasteiger partial charge is 0.233 e. The molecule has 2 heterocycles. The Balaban J connectivity index is 1.92. The van der Waals surface area contributed by atoms with Gasteiger partial charge in [0.05, 0.1) is 13.0 Å². The number of nitrogens with zero attached hydrogens (tertiary/aromatic N) is 3. The third-order valence-electron chi connectivity index (χ3n) is 3.46. The number of fused-ring (bicyclic) bond motifs is 1. The predicted molar refractivity (Wildman–Crippen MR) is 94.4 cm³/mol. The molecule has 7 heteroatoms. The Kier molecular flexibility index (Phi) is 5.09. The molecular formula is C16H15Cl2N3OS. The van der Waals surface area contributed by atoms with Crippen molar-refractivity contribution in [3.05, 3.63) is 45.6 Å². The molecule has 0 aliphatic carbocycles. The van der Waals surface area contributed by atoms with Gasteiger partial charge in [-0.05, 0) is 24.1 Å². The lowest BCUT2D eigenvalue weighted by molar-refractivity contribution is -0.117. The molecule has 23 heavy (non-hydrogen) atoms. The molecule has 0 fully saturated rings. The van der Waals surface area contributed by atoms with Crippen LogP contribution in [-0.2, 0) is 17.8 Å². The van der Waals surface area contributed by atoms with Crippen LogP contribution in [0.15, 0.2) is 29.4 Å². The van der Waals surface area contributed by atoms with E-state index in [0.717, 1.165) is 17.7 Å². The van der Waals surface area contributed by atoms with Crippen molar-refractivity contribution in [2.24, 2.45) is 0 Å². The molecule has 1 aliphatic rings. The normalized spacial score (nSPS) is 13.5. The fourth-order valence-corrected chi connectivity index (χ4v) is 3.59. The Morgan fingerprint density at radius 3 is 2.87 bits per heavy atom. The largest absolute Gasteiger partial charge is 0.292 e. The molecule has 1 amide bonds. The highest BCUT2D eigenvalue weighted by Crippen LogP contribution is 2.34. The van der Waals surface area contributed by atoms with Crippen LogP contribution < -0.4 is 4.90 Å². The molecule has 1 aromatic heterocycles. The molecule has 0 unspecified atom stereocenters. The minimum atomic E-state index is -0.0196. The van der Waals surface area contributed by atoms with Crippen molar-refractivity contribution in [1.29, 1.82) is 0 Å². The number of carbonyl (C=O) groups excluding carboxylic acids is 1. The quantitative estimate of drug-likeness (QED) is 0.447. The molecule has 0 bridgehead atoms. The number of rotatable bonds is 5. The minimum absolute atomic E-state index is 0.0196. The van der Waals surface area contributed by atoms with Crippen LogP contribution in [0.1, 0.15) is 24.5 Å². The first kappa shape index (κ1) is 16.6. The molecule has 3 rings (SSSR count). The monoisotopic (exact) mass is 367 g/mol. The SMILES string of the molecule is CCCSc1nc(Cl)c2c(n1)N(Cc1cccc(Cl)c1)C(=O)C2. The first-order valence-corrected chi connectivity index (χ1v) is 9.06. The highest BCUT2D eigenvalue weighted by molar-refractivity contribution is 7.99. The maximum Gasteiger partial charge on any atom is 0.233 e. The van der Waals surface area contributed by atoms with Crippen LogP contribution >= 0.6 is 35.0 Å². The number of amides is 1. The van der Waals surface area contributed by atoms with E-state index in [2.05, 4.69) is 16.9 Å². The second kappa shape index (κ2) is 7.07. The summed E-state index contributed by atoms with van der Waals surface area (Å²) in [5.74, 6) is 1.51. The lowest BCUT2D eigenvalue weighted by Gasteiger charge is -2.17. The fourth-order valence-electron chi connectivity index (χ4n) is 2.41. The van der Waals surface area contributed by atoms with Gasteiger partial charge in [-0.15, -0.1) is 0 Å². The van der Waals surface area contributed by atoms with Crippen LogP contribution in [0.3, 0.4) is 0 Å². The van der Waals surface area contributed by atoms with Crippen molar-refractivity contribution in [3.63, 3.8) is 0 Å². The number of anilines is 1. The van der Waals surface area contributed by atoms with E-state index in [1.807, 2.05) is 24.3 Å². The van der Waals surface area contributed by atoms with Gasteiger partial charge in [0.1, 0.15) is 11.0 Å². The summed E-state index contributed by atoms with van der Waals surface area (Å²) >= 11 is 13.8. The van der Waals surface area contributed by atoms with Crippen LogP contribution in [0, 0.1) is 0 Å². The summed E-state index contributed by atoms with van der Waals surface area (Å²) in [4.78, 5) is 22.8. The zero-order valence-electron chi connectivity index (χ0n) is 12.6. The van der Waals surface area contributed by atoms with Gasteiger partial charge in [-0.2, -0.15) is 0 Å². The zero-order chi connectivity index (χ0) is 16.4. The summed E-state index contributed by atoms with van der Waals surface area (Å²) in [6, 6.07) is 7.47. The van der Waals surface area contributed by atoms with Crippen LogP contribution in [0.4, 0.5) is 5.82 Å². The summed E-state index contributed by atoms with van der Waals surface area (Å²) in [7, 11) is 0. The van der Waals surface area contributed by atoms with Crippen molar-refractivity contribution in [3.8, 4) is 0 Å². The van der Waals surface area contributed by atoms with E-state index in [-0.39, 0.29) is 12.3 Å². The van der Waals surface area contributed by atoms with E-state index >= 15 is 0 Å². The number of carbonyl (C=O) groups is 1. The minimum Gasteiger partial charge on any atom is -0.292 e. The molecule has 4 nitrogen and oxygen atoms in total. The zero-order valence-corrected chi connectivity index (χ0v) is 14.9. The van der Waals surface area contributed by atoms with E-state index in [9.17, 15) is 4.79 Å². The summed E-state index contributed by atoms with van der Waals surface area (Å²) in [5, 5.41) is 1.63. The molecule has 0 saturated heterocycles. The van der Waals surface area contributed by atoms with Gasteiger partial charge in [-0.25, -0.2) is 9.97 Å². The van der Waals surface area contributed by atoms with Crippen molar-refractivity contribution in [2.75, 3.05) is 10.7 Å². The van der Waals surface area contributed by atoms with Crippen LogP contribution in [0.25, 0.3) is 0 Å². The molecule has 2 aromatic rings. The average molecular weight is 368 g/mol. The molecule has 0 N–H and O–H groups in total. The van der Waals surface area contributed by atoms with E-state index in [0.29, 0.717) is 33.3 Å². The molecule has 0 radical (unpaired) electrons. The van der Waals surface area contributed by atoms with Crippen LogP contribution in [-0.4, -0.2) is 21.6 Å². The number of aromatic nitrogens is 2. The Labute approximate surface area is 149 Å². The van der Waals surface area contributed by atoms with Gasteiger partial charge in [0.15, 0.2) is 5.16 Å². The first-order valence-electron chi connectivity index (χ1n) is 7.32. The van der Waals surface area contributed by atoms with Gasteiger partial charge in [0, 0.05) is 16.3 Å². The van der Waals surface area contributed by atoms with Gasteiger partial charge in [0.25, 0.3) is 0 Å². The highest BCUT2D eigenvalue weighted by atomic mass is 35.5. The topological polar surface area (TPSA) is 46.1 Å². The van der Waals surface area contributed by atoms with E-state index in [1.165, 1.54) is 0 Å². The molecule has 0 atom stereocenters. The molecule has 1 aliphatic heterocycles. The van der Waals surface area contributed by atoms with E-state index in [1.54, 1.807) is 16.7 Å². The maximum absolute atomic E-state index is 12.4. The van der Waals surface area contributed by atoms with Gasteiger partial charge in [-0.3, -0.25) is 9.69 Å². The molecule has 1 aromatic carbocycles. The second-order valence-electron chi connectivity index (χ2n) is 5.23. The number of benzene rings is 1. The number of hydrogen-bond donors (Lipinski definition) is 0. The van der Waals surface area contributed by atoms with Gasteiger partial charge >= 0.3 is 0 Å². The summed E-state index contributed by atoms with van der Waals surface area (Å²) < 4.78 is 0. The first-order chi connectivity index (χ1) is 11.1. The van der Waals surface area contributed by atoms with Crippen molar-refractivity contribution in [1.82, 2.24) is 9.97 Å². The third-order valence-corrected chi connectivity index (χ3v) is 5.06. The number of halogens is 2. The van der Waals surface area contributed by atoms with Crippen LogP contribution in [0.2, 0.25) is 10.2 Å². The molecule has 0 spiro atoms. The third kappa shape index (κ3) is 3.62. The van der Waals surface area contributed by atoms with Crippen molar-refractivity contribution >= 4 is 46.7 Å². The summed E-state index contributed by atoms with van der Waals surface area (Å²) in [6.07, 6.45) is 1.27. The Morgan fingerprint density at radius 1 is 1.30 bits per heavy atom. The number of thioether (sulfide) groups is 1. The second-order valence-corrected chi connectivity index (χ2v) is 7.09. The number of hydrogen-bond acceptors (Lipinski definition) is 4. The predicted octanol–water partition coefficient (Wildman–Crippen LogP) is 4.37. The Hall–Kier alpha value is -1.30. The maximum atomic E-state index is 12.4. The summed E-state index contributed by atoms with van der Waals surface area (Å²) in [5.41, 5.74) is 1.66. The fraction of sp³-hybridized carbons (Fsp3) is 0.312. The van der Waals surface area contributed by atoms with Gasteiger partial charge in [0.2, 0.25) is 5.91 Å². The molecule has 120 valence electrons. The van der Waals surface area contributed by atoms with Gasteiger partial charge < -0.3 is 0 Å². The molecular weight excluding hydrogens is 353 g/mol. The average Bonchev–Trinajstić information content (AvgIpc) is 2.83. The van der Waals surface area contributed by atoms with E-state index in [4.69, 9.17) is 23.2 Å². The van der Waals surface area contributed by atoms with Crippen molar-refractivity contribution < 1.29 is 4.79 Å². The Bertz CT molecular complexity index is 754. The lowest BCUT2D eigenvalue weighted by Crippen LogP contribution is -2.26. The van der Waals surface area contributed by atoms with Gasteiger partial charge in [-0.1, -0.05) is 54.0 Å². The van der Waals surface area contributed by atoms with E-state index < -0.39 is 0 Å².